The molecule has 3 rings (SSSR count). The van der Waals surface area contributed by atoms with Crippen LogP contribution in [-0.2, 0) is 4.79 Å². The van der Waals surface area contributed by atoms with E-state index in [-0.39, 0.29) is 23.8 Å². The summed E-state index contributed by atoms with van der Waals surface area (Å²) in [5.41, 5.74) is 9.10. The number of carbonyl (C=O) groups is 1. The SMILES string of the molecule is CC(C)c1ccc(NC(=O)C2CC(c3ccc(F)cc3)NN2)cc1. The third-order valence-electron chi connectivity index (χ3n) is 4.34. The summed E-state index contributed by atoms with van der Waals surface area (Å²) in [5, 5.41) is 2.93. The lowest BCUT2D eigenvalue weighted by Gasteiger charge is -2.12. The molecule has 2 aromatic carbocycles. The Morgan fingerprint density at radius 1 is 1.08 bits per heavy atom. The zero-order chi connectivity index (χ0) is 17.1. The molecule has 1 amide bonds. The van der Waals surface area contributed by atoms with E-state index in [0.717, 1.165) is 11.3 Å². The van der Waals surface area contributed by atoms with Crippen LogP contribution in [0.4, 0.5) is 10.1 Å². The van der Waals surface area contributed by atoms with Crippen LogP contribution in [0.25, 0.3) is 0 Å². The van der Waals surface area contributed by atoms with Crippen molar-refractivity contribution in [3.8, 4) is 0 Å². The molecule has 1 saturated heterocycles. The maximum absolute atomic E-state index is 13.0. The molecule has 1 heterocycles. The Morgan fingerprint density at radius 3 is 2.38 bits per heavy atom. The third kappa shape index (κ3) is 3.80. The molecular formula is C19H22FN3O. The summed E-state index contributed by atoms with van der Waals surface area (Å²) in [7, 11) is 0. The number of benzene rings is 2. The van der Waals surface area contributed by atoms with Crippen molar-refractivity contribution < 1.29 is 9.18 Å². The summed E-state index contributed by atoms with van der Waals surface area (Å²) in [6.07, 6.45) is 0.613. The second-order valence-corrected chi connectivity index (χ2v) is 6.45. The van der Waals surface area contributed by atoms with Gasteiger partial charge in [-0.15, -0.1) is 0 Å². The van der Waals surface area contributed by atoms with Crippen molar-refractivity contribution in [3.63, 3.8) is 0 Å². The predicted octanol–water partition coefficient (Wildman–Crippen LogP) is 3.50. The van der Waals surface area contributed by atoms with Gasteiger partial charge in [-0.1, -0.05) is 38.1 Å². The van der Waals surface area contributed by atoms with Crippen LogP contribution in [0, 0.1) is 5.82 Å². The van der Waals surface area contributed by atoms with Gasteiger partial charge in [0.15, 0.2) is 0 Å². The van der Waals surface area contributed by atoms with Gasteiger partial charge in [-0.25, -0.2) is 15.2 Å². The molecular weight excluding hydrogens is 305 g/mol. The van der Waals surface area contributed by atoms with Gasteiger partial charge in [-0.05, 0) is 47.7 Å². The molecule has 5 heteroatoms. The van der Waals surface area contributed by atoms with E-state index in [0.29, 0.717) is 12.3 Å². The Kier molecular flexibility index (Phi) is 4.92. The van der Waals surface area contributed by atoms with Gasteiger partial charge in [0.05, 0.1) is 0 Å². The number of halogens is 1. The number of amides is 1. The minimum Gasteiger partial charge on any atom is -0.325 e. The van der Waals surface area contributed by atoms with Crippen LogP contribution in [0.15, 0.2) is 48.5 Å². The van der Waals surface area contributed by atoms with E-state index in [4.69, 9.17) is 0 Å². The van der Waals surface area contributed by atoms with Crippen LogP contribution in [0.3, 0.4) is 0 Å². The van der Waals surface area contributed by atoms with Gasteiger partial charge in [0.1, 0.15) is 11.9 Å². The summed E-state index contributed by atoms with van der Waals surface area (Å²) in [6.45, 7) is 4.27. The lowest BCUT2D eigenvalue weighted by atomic mass is 10.0. The Morgan fingerprint density at radius 2 is 1.75 bits per heavy atom. The van der Waals surface area contributed by atoms with Crippen LogP contribution in [-0.4, -0.2) is 11.9 Å². The first-order valence-corrected chi connectivity index (χ1v) is 8.20. The number of anilines is 1. The predicted molar refractivity (Wildman–Crippen MR) is 93.0 cm³/mol. The lowest BCUT2D eigenvalue weighted by molar-refractivity contribution is -0.117. The van der Waals surface area contributed by atoms with E-state index >= 15 is 0 Å². The number of hydrazine groups is 1. The van der Waals surface area contributed by atoms with E-state index in [2.05, 4.69) is 30.0 Å². The van der Waals surface area contributed by atoms with Crippen LogP contribution in [0.5, 0.6) is 0 Å². The molecule has 126 valence electrons. The minimum atomic E-state index is -0.329. The summed E-state index contributed by atoms with van der Waals surface area (Å²) >= 11 is 0. The van der Waals surface area contributed by atoms with Gasteiger partial charge in [0.25, 0.3) is 0 Å². The molecule has 4 nitrogen and oxygen atoms in total. The van der Waals surface area contributed by atoms with Crippen molar-refractivity contribution in [2.75, 3.05) is 5.32 Å². The van der Waals surface area contributed by atoms with Gasteiger partial charge >= 0.3 is 0 Å². The molecule has 0 saturated carbocycles. The highest BCUT2D eigenvalue weighted by Gasteiger charge is 2.30. The highest BCUT2D eigenvalue weighted by Crippen LogP contribution is 2.23. The van der Waals surface area contributed by atoms with E-state index in [1.165, 1.54) is 17.7 Å². The van der Waals surface area contributed by atoms with Gasteiger partial charge < -0.3 is 5.32 Å². The first-order valence-electron chi connectivity index (χ1n) is 8.20. The Hall–Kier alpha value is -2.24. The maximum Gasteiger partial charge on any atom is 0.242 e. The molecule has 1 aliphatic heterocycles. The third-order valence-corrected chi connectivity index (χ3v) is 4.34. The average Bonchev–Trinajstić information content (AvgIpc) is 3.06. The number of rotatable bonds is 4. The Bertz CT molecular complexity index is 698. The molecule has 1 fully saturated rings. The summed E-state index contributed by atoms with van der Waals surface area (Å²) in [6, 6.07) is 13.9. The number of carbonyl (C=O) groups excluding carboxylic acids is 1. The monoisotopic (exact) mass is 327 g/mol. The number of hydrogen-bond acceptors (Lipinski definition) is 3. The van der Waals surface area contributed by atoms with Crippen molar-refractivity contribution in [1.29, 1.82) is 0 Å². The van der Waals surface area contributed by atoms with Gasteiger partial charge in [0.2, 0.25) is 5.91 Å². The smallest absolute Gasteiger partial charge is 0.242 e. The molecule has 0 radical (unpaired) electrons. The summed E-state index contributed by atoms with van der Waals surface area (Å²) in [5.74, 6) is 0.125. The standard InChI is InChI=1S/C19H22FN3O/c1-12(2)13-5-9-16(10-6-13)21-19(24)18-11-17(22-23-18)14-3-7-15(20)8-4-14/h3-10,12,17-18,22-23H,11H2,1-2H3,(H,21,24). The zero-order valence-electron chi connectivity index (χ0n) is 13.8. The quantitative estimate of drug-likeness (QED) is 0.806. The Labute approximate surface area is 141 Å². The molecule has 3 N–H and O–H groups in total. The largest absolute Gasteiger partial charge is 0.325 e. The van der Waals surface area contributed by atoms with Gasteiger partial charge in [-0.3, -0.25) is 4.79 Å². The molecule has 24 heavy (non-hydrogen) atoms. The highest BCUT2D eigenvalue weighted by molar-refractivity contribution is 5.95. The van der Waals surface area contributed by atoms with Crippen LogP contribution < -0.4 is 16.2 Å². The van der Waals surface area contributed by atoms with E-state index in [1.807, 2.05) is 24.3 Å². The normalized spacial score (nSPS) is 20.3. The minimum absolute atomic E-state index is 0.00957. The molecule has 1 aliphatic rings. The average molecular weight is 327 g/mol. The second-order valence-electron chi connectivity index (χ2n) is 6.45. The molecule has 2 unspecified atom stereocenters. The summed E-state index contributed by atoms with van der Waals surface area (Å²) in [4.78, 5) is 12.4. The fraction of sp³-hybridized carbons (Fsp3) is 0.316. The fourth-order valence-electron chi connectivity index (χ4n) is 2.82. The topological polar surface area (TPSA) is 53.2 Å². The van der Waals surface area contributed by atoms with E-state index in [1.54, 1.807) is 12.1 Å². The van der Waals surface area contributed by atoms with Crippen LogP contribution in [0.2, 0.25) is 0 Å². The number of hydrogen-bond donors (Lipinski definition) is 3. The molecule has 0 spiro atoms. The molecule has 2 atom stereocenters. The lowest BCUT2D eigenvalue weighted by Crippen LogP contribution is -2.39. The molecule has 0 aliphatic carbocycles. The van der Waals surface area contributed by atoms with E-state index in [9.17, 15) is 9.18 Å². The first-order chi connectivity index (χ1) is 11.5. The first kappa shape index (κ1) is 16.6. The van der Waals surface area contributed by atoms with Crippen molar-refractivity contribution >= 4 is 11.6 Å². The van der Waals surface area contributed by atoms with Crippen molar-refractivity contribution in [2.24, 2.45) is 0 Å². The maximum atomic E-state index is 13.0. The highest BCUT2D eigenvalue weighted by atomic mass is 19.1. The van der Waals surface area contributed by atoms with Crippen molar-refractivity contribution in [3.05, 3.63) is 65.5 Å². The zero-order valence-corrected chi connectivity index (χ0v) is 13.8. The van der Waals surface area contributed by atoms with E-state index < -0.39 is 0 Å². The van der Waals surface area contributed by atoms with Crippen molar-refractivity contribution in [2.45, 2.75) is 38.3 Å². The van der Waals surface area contributed by atoms with Crippen molar-refractivity contribution in [1.82, 2.24) is 10.9 Å². The Balaban J connectivity index is 1.59. The molecule has 0 bridgehead atoms. The fourth-order valence-corrected chi connectivity index (χ4v) is 2.82. The molecule has 2 aromatic rings. The molecule has 0 aromatic heterocycles. The van der Waals surface area contributed by atoms with Gasteiger partial charge in [-0.2, -0.15) is 0 Å². The van der Waals surface area contributed by atoms with Crippen LogP contribution >= 0.6 is 0 Å². The summed E-state index contributed by atoms with van der Waals surface area (Å²) < 4.78 is 13.0. The van der Waals surface area contributed by atoms with Gasteiger partial charge in [0, 0.05) is 11.7 Å². The van der Waals surface area contributed by atoms with Crippen LogP contribution in [0.1, 0.15) is 43.4 Å². The second kappa shape index (κ2) is 7.11. The number of nitrogens with one attached hydrogen (secondary N) is 3.